The molecule has 0 spiro atoms. The Hall–Kier alpha value is -2.15. The Morgan fingerprint density at radius 2 is 2.16 bits per heavy atom. The molecule has 2 aromatic heterocycles. The van der Waals surface area contributed by atoms with E-state index >= 15 is 0 Å². The van der Waals surface area contributed by atoms with Crippen LogP contribution >= 0.6 is 11.3 Å². The van der Waals surface area contributed by atoms with Gasteiger partial charge < -0.3 is 14.1 Å². The molecule has 2 aromatic rings. The molecule has 25 heavy (non-hydrogen) atoms. The highest BCUT2D eigenvalue weighted by Gasteiger charge is 2.29. The molecule has 0 radical (unpaired) electrons. The van der Waals surface area contributed by atoms with Crippen LogP contribution in [0.1, 0.15) is 65.1 Å². The van der Waals surface area contributed by atoms with Crippen molar-refractivity contribution in [2.24, 2.45) is 0 Å². The quantitative estimate of drug-likeness (QED) is 0.729. The van der Waals surface area contributed by atoms with E-state index in [1.165, 1.54) is 24.0 Å². The Balaban J connectivity index is 1.77. The fourth-order valence-corrected chi connectivity index (χ4v) is 3.89. The maximum atomic E-state index is 12.9. The summed E-state index contributed by atoms with van der Waals surface area (Å²) in [6.45, 7) is 2.46. The van der Waals surface area contributed by atoms with E-state index in [2.05, 4.69) is 4.98 Å². The molecule has 0 bridgehead atoms. The van der Waals surface area contributed by atoms with E-state index in [4.69, 9.17) is 9.15 Å². The van der Waals surface area contributed by atoms with Gasteiger partial charge in [-0.3, -0.25) is 4.79 Å². The predicted octanol–water partition coefficient (Wildman–Crippen LogP) is 3.89. The Bertz CT molecular complexity index is 704. The summed E-state index contributed by atoms with van der Waals surface area (Å²) in [5, 5.41) is 2.41. The van der Waals surface area contributed by atoms with Crippen LogP contribution in [-0.2, 0) is 11.3 Å². The minimum absolute atomic E-state index is 0.121. The van der Waals surface area contributed by atoms with Gasteiger partial charge in [0.05, 0.1) is 19.4 Å². The number of nitrogens with zero attached hydrogens (tertiary/aromatic N) is 2. The van der Waals surface area contributed by atoms with Crippen LogP contribution in [0.4, 0.5) is 0 Å². The molecule has 1 fully saturated rings. The van der Waals surface area contributed by atoms with Crippen LogP contribution in [0.15, 0.2) is 28.2 Å². The zero-order valence-corrected chi connectivity index (χ0v) is 15.1. The molecule has 2 heterocycles. The minimum Gasteiger partial charge on any atom is -0.461 e. The van der Waals surface area contributed by atoms with Gasteiger partial charge in [0.15, 0.2) is 11.5 Å². The van der Waals surface area contributed by atoms with Crippen molar-refractivity contribution in [3.8, 4) is 0 Å². The predicted molar refractivity (Wildman–Crippen MR) is 93.5 cm³/mol. The molecular weight excluding hydrogens is 340 g/mol. The van der Waals surface area contributed by atoms with Gasteiger partial charge >= 0.3 is 5.97 Å². The summed E-state index contributed by atoms with van der Waals surface area (Å²) in [6, 6.07) is 3.58. The third-order valence-electron chi connectivity index (χ3n) is 4.35. The standard InChI is InChI=1S/C18H22N2O4S/c1-2-23-18(22)14-12-25-16(19-14)11-20(13-7-4-3-5-8-13)17(21)15-9-6-10-24-15/h6,9-10,12-13H,2-5,7-8,11H2,1H3. The highest BCUT2D eigenvalue weighted by atomic mass is 32.1. The van der Waals surface area contributed by atoms with E-state index in [1.807, 2.05) is 4.90 Å². The van der Waals surface area contributed by atoms with Crippen molar-refractivity contribution in [3.63, 3.8) is 0 Å². The topological polar surface area (TPSA) is 72.6 Å². The van der Waals surface area contributed by atoms with Crippen LogP contribution in [0.3, 0.4) is 0 Å². The second-order valence-electron chi connectivity index (χ2n) is 6.05. The minimum atomic E-state index is -0.424. The average Bonchev–Trinajstić information content (AvgIpc) is 3.32. The number of carbonyl (C=O) groups excluding carboxylic acids is 2. The Morgan fingerprint density at radius 3 is 2.84 bits per heavy atom. The molecule has 1 aliphatic rings. The van der Waals surface area contributed by atoms with Crippen LogP contribution in [0, 0.1) is 0 Å². The first-order chi connectivity index (χ1) is 12.2. The van der Waals surface area contributed by atoms with Crippen molar-refractivity contribution in [2.75, 3.05) is 6.61 Å². The lowest BCUT2D eigenvalue weighted by molar-refractivity contribution is 0.0520. The number of amides is 1. The number of carbonyl (C=O) groups is 2. The van der Waals surface area contributed by atoms with Gasteiger partial charge in [-0.2, -0.15) is 0 Å². The molecule has 0 atom stereocenters. The van der Waals surface area contributed by atoms with Crippen LogP contribution < -0.4 is 0 Å². The molecule has 3 rings (SSSR count). The number of hydrogen-bond donors (Lipinski definition) is 0. The molecule has 7 heteroatoms. The molecule has 1 aliphatic carbocycles. The van der Waals surface area contributed by atoms with Gasteiger partial charge in [-0.25, -0.2) is 9.78 Å². The summed E-state index contributed by atoms with van der Waals surface area (Å²) < 4.78 is 10.3. The number of aromatic nitrogens is 1. The summed E-state index contributed by atoms with van der Waals surface area (Å²) in [6.07, 6.45) is 6.94. The molecule has 1 saturated carbocycles. The lowest BCUT2D eigenvalue weighted by Crippen LogP contribution is -2.40. The number of rotatable bonds is 6. The molecule has 0 aliphatic heterocycles. The first kappa shape index (κ1) is 17.7. The van der Waals surface area contributed by atoms with Gasteiger partial charge in [-0.05, 0) is 31.9 Å². The van der Waals surface area contributed by atoms with Crippen molar-refractivity contribution < 1.29 is 18.7 Å². The number of furan rings is 1. The normalized spacial score (nSPS) is 15.1. The molecule has 6 nitrogen and oxygen atoms in total. The number of ether oxygens (including phenoxy) is 1. The van der Waals surface area contributed by atoms with Crippen molar-refractivity contribution in [1.29, 1.82) is 0 Å². The van der Waals surface area contributed by atoms with Crippen LogP contribution in [0.5, 0.6) is 0 Å². The zero-order valence-electron chi connectivity index (χ0n) is 14.3. The van der Waals surface area contributed by atoms with Gasteiger partial charge in [-0.1, -0.05) is 19.3 Å². The van der Waals surface area contributed by atoms with E-state index in [-0.39, 0.29) is 11.9 Å². The fourth-order valence-electron chi connectivity index (χ4n) is 3.13. The Morgan fingerprint density at radius 1 is 1.36 bits per heavy atom. The summed E-state index contributed by atoms with van der Waals surface area (Å²) in [4.78, 5) is 30.8. The maximum Gasteiger partial charge on any atom is 0.357 e. The van der Waals surface area contributed by atoms with E-state index in [9.17, 15) is 9.59 Å². The molecule has 1 amide bonds. The number of thiazole rings is 1. The monoisotopic (exact) mass is 362 g/mol. The molecule has 134 valence electrons. The SMILES string of the molecule is CCOC(=O)c1csc(CN(C(=O)c2ccco2)C2CCCCC2)n1. The van der Waals surface area contributed by atoms with Gasteiger partial charge in [0, 0.05) is 11.4 Å². The Kier molecular flexibility index (Phi) is 5.86. The van der Waals surface area contributed by atoms with E-state index in [0.29, 0.717) is 24.6 Å². The largest absolute Gasteiger partial charge is 0.461 e. The highest BCUT2D eigenvalue weighted by molar-refractivity contribution is 7.09. The van der Waals surface area contributed by atoms with E-state index < -0.39 is 5.97 Å². The second-order valence-corrected chi connectivity index (χ2v) is 6.99. The van der Waals surface area contributed by atoms with Crippen LogP contribution in [0.2, 0.25) is 0 Å². The molecule has 0 aromatic carbocycles. The van der Waals surface area contributed by atoms with Gasteiger partial charge in [-0.15, -0.1) is 11.3 Å². The van der Waals surface area contributed by atoms with E-state index in [1.54, 1.807) is 24.4 Å². The van der Waals surface area contributed by atoms with Gasteiger partial charge in [0.2, 0.25) is 0 Å². The molecular formula is C18H22N2O4S. The first-order valence-corrected chi connectivity index (χ1v) is 9.53. The highest BCUT2D eigenvalue weighted by Crippen LogP contribution is 2.26. The summed E-state index contributed by atoms with van der Waals surface area (Å²) in [5.74, 6) is -0.205. The summed E-state index contributed by atoms with van der Waals surface area (Å²) in [7, 11) is 0. The average molecular weight is 362 g/mol. The van der Waals surface area contributed by atoms with Gasteiger partial charge in [0.1, 0.15) is 5.01 Å². The van der Waals surface area contributed by atoms with Crippen LogP contribution in [0.25, 0.3) is 0 Å². The third-order valence-corrected chi connectivity index (χ3v) is 5.18. The van der Waals surface area contributed by atoms with Gasteiger partial charge in [0.25, 0.3) is 5.91 Å². The fraction of sp³-hybridized carbons (Fsp3) is 0.500. The summed E-state index contributed by atoms with van der Waals surface area (Å²) in [5.41, 5.74) is 0.302. The first-order valence-electron chi connectivity index (χ1n) is 8.65. The van der Waals surface area contributed by atoms with Crippen molar-refractivity contribution in [3.05, 3.63) is 40.2 Å². The maximum absolute atomic E-state index is 12.9. The van der Waals surface area contributed by atoms with Crippen molar-refractivity contribution in [2.45, 2.75) is 51.6 Å². The third kappa shape index (κ3) is 4.28. The molecule has 0 N–H and O–H groups in total. The van der Waals surface area contributed by atoms with Crippen molar-refractivity contribution in [1.82, 2.24) is 9.88 Å². The van der Waals surface area contributed by atoms with Crippen LogP contribution in [-0.4, -0.2) is 34.4 Å². The summed E-state index contributed by atoms with van der Waals surface area (Å²) >= 11 is 1.37. The van der Waals surface area contributed by atoms with E-state index in [0.717, 1.165) is 30.7 Å². The van der Waals surface area contributed by atoms with Crippen molar-refractivity contribution >= 4 is 23.2 Å². The zero-order chi connectivity index (χ0) is 17.6. The Labute approximate surface area is 150 Å². The number of esters is 1. The molecule has 0 unspecified atom stereocenters. The second kappa shape index (κ2) is 8.29. The molecule has 0 saturated heterocycles. The lowest BCUT2D eigenvalue weighted by atomic mass is 9.94. The number of hydrogen-bond acceptors (Lipinski definition) is 6. The lowest BCUT2D eigenvalue weighted by Gasteiger charge is -2.33. The smallest absolute Gasteiger partial charge is 0.357 e.